The number of hydrogen-bond acceptors (Lipinski definition) is 3. The van der Waals surface area contributed by atoms with Crippen LogP contribution in [0.2, 0.25) is 5.02 Å². The van der Waals surface area contributed by atoms with Gasteiger partial charge in [-0.2, -0.15) is 0 Å². The molecule has 4 heteroatoms. The summed E-state index contributed by atoms with van der Waals surface area (Å²) >= 11 is 6.21. The van der Waals surface area contributed by atoms with Crippen molar-refractivity contribution in [3.8, 4) is 5.75 Å². The van der Waals surface area contributed by atoms with Crippen LogP contribution < -0.4 is 10.1 Å². The van der Waals surface area contributed by atoms with Crippen LogP contribution in [-0.2, 0) is 13.2 Å². The first-order valence-corrected chi connectivity index (χ1v) is 8.36. The zero-order valence-electron chi connectivity index (χ0n) is 13.3. The number of nitrogens with one attached hydrogen (secondary N) is 1. The lowest BCUT2D eigenvalue weighted by molar-refractivity contribution is 0.288. The van der Waals surface area contributed by atoms with Crippen molar-refractivity contribution in [1.29, 1.82) is 0 Å². The summed E-state index contributed by atoms with van der Waals surface area (Å²) < 4.78 is 6.06. The lowest BCUT2D eigenvalue weighted by Gasteiger charge is -2.15. The standard InChI is InChI=1S/C20H20ClNO2/c21-19-8-4-2-6-16(19)14-24-20-10-9-15-5-1-3-7-17(15)18(20)13-22-11-12-23/h1-10,22-23H,11-14H2. The van der Waals surface area contributed by atoms with Crippen LogP contribution in [-0.4, -0.2) is 18.3 Å². The minimum atomic E-state index is 0.112. The van der Waals surface area contributed by atoms with Gasteiger partial charge in [0.2, 0.25) is 0 Å². The van der Waals surface area contributed by atoms with Gasteiger partial charge in [-0.25, -0.2) is 0 Å². The van der Waals surface area contributed by atoms with E-state index < -0.39 is 0 Å². The van der Waals surface area contributed by atoms with Gasteiger partial charge in [0.05, 0.1) is 6.61 Å². The molecule has 3 aromatic rings. The molecule has 0 aliphatic heterocycles. The number of rotatable bonds is 7. The topological polar surface area (TPSA) is 41.5 Å². The molecule has 0 saturated carbocycles. The van der Waals surface area contributed by atoms with Crippen molar-refractivity contribution in [3.63, 3.8) is 0 Å². The molecular weight excluding hydrogens is 322 g/mol. The number of fused-ring (bicyclic) bond motifs is 1. The molecule has 0 aromatic heterocycles. The van der Waals surface area contributed by atoms with Crippen LogP contribution in [0.3, 0.4) is 0 Å². The summed E-state index contributed by atoms with van der Waals surface area (Å²) in [6, 6.07) is 20.0. The lowest BCUT2D eigenvalue weighted by Crippen LogP contribution is -2.18. The van der Waals surface area contributed by atoms with Crippen LogP contribution in [0.1, 0.15) is 11.1 Å². The van der Waals surface area contributed by atoms with Gasteiger partial charge in [0.25, 0.3) is 0 Å². The molecule has 0 atom stereocenters. The maximum Gasteiger partial charge on any atom is 0.124 e. The molecule has 0 amide bonds. The van der Waals surface area contributed by atoms with Crippen molar-refractivity contribution < 1.29 is 9.84 Å². The molecule has 0 aliphatic rings. The predicted molar refractivity (Wildman–Crippen MR) is 98.5 cm³/mol. The summed E-state index contributed by atoms with van der Waals surface area (Å²) in [5, 5.41) is 15.3. The van der Waals surface area contributed by atoms with Crippen molar-refractivity contribution in [3.05, 3.63) is 76.8 Å². The Morgan fingerprint density at radius 1 is 0.958 bits per heavy atom. The van der Waals surface area contributed by atoms with Crippen LogP contribution in [0.4, 0.5) is 0 Å². The highest BCUT2D eigenvalue weighted by atomic mass is 35.5. The van der Waals surface area contributed by atoms with E-state index in [2.05, 4.69) is 23.5 Å². The summed E-state index contributed by atoms with van der Waals surface area (Å²) in [6.07, 6.45) is 0. The van der Waals surface area contributed by atoms with E-state index in [4.69, 9.17) is 21.4 Å². The van der Waals surface area contributed by atoms with E-state index in [-0.39, 0.29) is 6.61 Å². The first-order valence-electron chi connectivity index (χ1n) is 7.98. The molecular formula is C20H20ClNO2. The molecule has 0 unspecified atom stereocenters. The summed E-state index contributed by atoms with van der Waals surface area (Å²) in [4.78, 5) is 0. The largest absolute Gasteiger partial charge is 0.488 e. The average Bonchev–Trinajstić information content (AvgIpc) is 2.62. The Kier molecular flexibility index (Phi) is 5.70. The molecule has 3 aromatic carbocycles. The van der Waals surface area contributed by atoms with Gasteiger partial charge in [-0.15, -0.1) is 0 Å². The second kappa shape index (κ2) is 8.15. The van der Waals surface area contributed by atoms with Gasteiger partial charge >= 0.3 is 0 Å². The Bertz CT molecular complexity index is 820. The first kappa shape index (κ1) is 16.8. The maximum absolute atomic E-state index is 9.00. The van der Waals surface area contributed by atoms with Crippen LogP contribution in [0.15, 0.2) is 60.7 Å². The number of aliphatic hydroxyl groups excluding tert-OH is 1. The van der Waals surface area contributed by atoms with E-state index in [9.17, 15) is 0 Å². The van der Waals surface area contributed by atoms with E-state index in [1.54, 1.807) is 0 Å². The summed E-state index contributed by atoms with van der Waals surface area (Å²) in [7, 11) is 0. The van der Waals surface area contributed by atoms with Crippen LogP contribution in [0, 0.1) is 0 Å². The molecule has 0 saturated heterocycles. The van der Waals surface area contributed by atoms with E-state index in [0.29, 0.717) is 24.7 Å². The minimum Gasteiger partial charge on any atom is -0.488 e. The van der Waals surface area contributed by atoms with Gasteiger partial charge < -0.3 is 15.2 Å². The smallest absolute Gasteiger partial charge is 0.124 e. The summed E-state index contributed by atoms with van der Waals surface area (Å²) in [5.41, 5.74) is 2.05. The number of hydrogen-bond donors (Lipinski definition) is 2. The van der Waals surface area contributed by atoms with Gasteiger partial charge in [0.1, 0.15) is 12.4 Å². The van der Waals surface area contributed by atoms with Crippen LogP contribution >= 0.6 is 11.6 Å². The first-order chi connectivity index (χ1) is 11.8. The molecule has 0 fully saturated rings. The van der Waals surface area contributed by atoms with Crippen molar-refractivity contribution >= 4 is 22.4 Å². The second-order valence-electron chi connectivity index (χ2n) is 5.54. The monoisotopic (exact) mass is 341 g/mol. The molecule has 0 radical (unpaired) electrons. The second-order valence-corrected chi connectivity index (χ2v) is 5.95. The van der Waals surface area contributed by atoms with Gasteiger partial charge in [0, 0.05) is 29.2 Å². The summed E-state index contributed by atoms with van der Waals surface area (Å²) in [6.45, 7) is 1.72. The molecule has 2 N–H and O–H groups in total. The molecule has 124 valence electrons. The van der Waals surface area contributed by atoms with Crippen LogP contribution in [0.5, 0.6) is 5.75 Å². The van der Waals surface area contributed by atoms with Crippen molar-refractivity contribution in [2.24, 2.45) is 0 Å². The van der Waals surface area contributed by atoms with E-state index in [1.807, 2.05) is 42.5 Å². The number of benzene rings is 3. The van der Waals surface area contributed by atoms with Crippen molar-refractivity contribution in [2.45, 2.75) is 13.2 Å². The van der Waals surface area contributed by atoms with Gasteiger partial charge in [-0.3, -0.25) is 0 Å². The quantitative estimate of drug-likeness (QED) is 0.634. The predicted octanol–water partition coefficient (Wildman–Crippen LogP) is 4.15. The Labute approximate surface area is 146 Å². The Balaban J connectivity index is 1.88. The zero-order valence-corrected chi connectivity index (χ0v) is 14.1. The third-order valence-electron chi connectivity index (χ3n) is 3.93. The molecule has 24 heavy (non-hydrogen) atoms. The average molecular weight is 342 g/mol. The molecule has 3 nitrogen and oxygen atoms in total. The van der Waals surface area contributed by atoms with Gasteiger partial charge in [-0.05, 0) is 22.9 Å². The maximum atomic E-state index is 9.00. The Morgan fingerprint density at radius 3 is 2.58 bits per heavy atom. The molecule has 0 bridgehead atoms. The molecule has 0 aliphatic carbocycles. The van der Waals surface area contributed by atoms with E-state index >= 15 is 0 Å². The fourth-order valence-electron chi connectivity index (χ4n) is 2.70. The zero-order chi connectivity index (χ0) is 16.8. The third kappa shape index (κ3) is 3.88. The van der Waals surface area contributed by atoms with Crippen molar-refractivity contribution in [2.75, 3.05) is 13.2 Å². The fraction of sp³-hybridized carbons (Fsp3) is 0.200. The Morgan fingerprint density at radius 2 is 1.75 bits per heavy atom. The van der Waals surface area contributed by atoms with E-state index in [0.717, 1.165) is 22.3 Å². The number of aliphatic hydroxyl groups is 1. The number of ether oxygens (including phenoxy) is 1. The van der Waals surface area contributed by atoms with Gasteiger partial charge in [-0.1, -0.05) is 60.1 Å². The van der Waals surface area contributed by atoms with E-state index in [1.165, 1.54) is 5.39 Å². The molecule has 0 heterocycles. The number of halogens is 1. The highest BCUT2D eigenvalue weighted by molar-refractivity contribution is 6.31. The highest BCUT2D eigenvalue weighted by Crippen LogP contribution is 2.29. The van der Waals surface area contributed by atoms with Crippen LogP contribution in [0.25, 0.3) is 10.8 Å². The van der Waals surface area contributed by atoms with Gasteiger partial charge in [0.15, 0.2) is 0 Å². The normalized spacial score (nSPS) is 10.9. The fourth-order valence-corrected chi connectivity index (χ4v) is 2.89. The van der Waals surface area contributed by atoms with Crippen molar-refractivity contribution in [1.82, 2.24) is 5.32 Å². The Hall–Kier alpha value is -2.07. The third-order valence-corrected chi connectivity index (χ3v) is 4.30. The minimum absolute atomic E-state index is 0.112. The molecule has 3 rings (SSSR count). The summed E-state index contributed by atoms with van der Waals surface area (Å²) in [5.74, 6) is 0.832. The highest BCUT2D eigenvalue weighted by Gasteiger charge is 2.09. The molecule has 0 spiro atoms. The SMILES string of the molecule is OCCNCc1c(OCc2ccccc2Cl)ccc2ccccc12. The lowest BCUT2D eigenvalue weighted by atomic mass is 10.0.